The number of para-hydroxylation sites is 1. The van der Waals surface area contributed by atoms with Crippen molar-refractivity contribution >= 4 is 50.3 Å². The number of benzene rings is 3. The van der Waals surface area contributed by atoms with Gasteiger partial charge in [0.1, 0.15) is 0 Å². The SMILES string of the molecule is Cc1ccc(S(=O)(=O)N/N=C\c2cn(Cc3ccc(Cl)c(Cl)c3)c3ccccc23)cc1. The van der Waals surface area contributed by atoms with Crippen LogP contribution >= 0.6 is 23.2 Å². The van der Waals surface area contributed by atoms with Gasteiger partial charge in [0.05, 0.1) is 21.2 Å². The minimum Gasteiger partial charge on any atom is -0.342 e. The van der Waals surface area contributed by atoms with Crippen molar-refractivity contribution in [2.75, 3.05) is 0 Å². The highest BCUT2D eigenvalue weighted by Gasteiger charge is 2.12. The largest absolute Gasteiger partial charge is 0.342 e. The third-order valence-corrected chi connectivity index (χ3v) is 6.84. The Labute approximate surface area is 191 Å². The second kappa shape index (κ2) is 8.75. The van der Waals surface area contributed by atoms with E-state index in [1.165, 1.54) is 6.21 Å². The van der Waals surface area contributed by atoms with Crippen LogP contribution in [0, 0.1) is 6.92 Å². The van der Waals surface area contributed by atoms with Gasteiger partial charge in [-0.2, -0.15) is 13.5 Å². The molecule has 0 spiro atoms. The number of nitrogens with zero attached hydrogens (tertiary/aromatic N) is 2. The summed E-state index contributed by atoms with van der Waals surface area (Å²) in [5.74, 6) is 0. The van der Waals surface area contributed by atoms with E-state index in [1.54, 1.807) is 30.3 Å². The van der Waals surface area contributed by atoms with Gasteiger partial charge in [0.15, 0.2) is 0 Å². The molecule has 0 saturated carbocycles. The molecule has 0 fully saturated rings. The first kappa shape index (κ1) is 21.4. The van der Waals surface area contributed by atoms with Crippen molar-refractivity contribution in [2.45, 2.75) is 18.4 Å². The Morgan fingerprint density at radius 3 is 2.48 bits per heavy atom. The quantitative estimate of drug-likeness (QED) is 0.293. The maximum absolute atomic E-state index is 12.4. The van der Waals surface area contributed by atoms with Gasteiger partial charge in [-0.05, 0) is 42.8 Å². The number of hydrazone groups is 1. The number of aromatic nitrogens is 1. The fourth-order valence-electron chi connectivity index (χ4n) is 3.28. The highest BCUT2D eigenvalue weighted by molar-refractivity contribution is 7.89. The maximum atomic E-state index is 12.4. The summed E-state index contributed by atoms with van der Waals surface area (Å²) in [5.41, 5.74) is 3.77. The molecular formula is C23H19Cl2N3O2S. The van der Waals surface area contributed by atoms with Gasteiger partial charge in [-0.15, -0.1) is 0 Å². The zero-order valence-corrected chi connectivity index (χ0v) is 18.9. The standard InChI is InChI=1S/C23H19Cl2N3O2S/c1-16-6-9-19(10-7-16)31(29,30)27-26-13-18-15-28(23-5-3-2-4-20(18)23)14-17-8-11-21(24)22(25)12-17/h2-13,15,27H,14H2,1H3/b26-13-. The summed E-state index contributed by atoms with van der Waals surface area (Å²) in [7, 11) is -3.73. The van der Waals surface area contributed by atoms with E-state index in [9.17, 15) is 8.42 Å². The number of nitrogens with one attached hydrogen (secondary N) is 1. The van der Waals surface area contributed by atoms with E-state index in [-0.39, 0.29) is 4.90 Å². The van der Waals surface area contributed by atoms with Crippen LogP contribution in [0.25, 0.3) is 10.9 Å². The van der Waals surface area contributed by atoms with Crippen LogP contribution in [-0.2, 0) is 16.6 Å². The molecule has 4 rings (SSSR count). The Morgan fingerprint density at radius 1 is 1.00 bits per heavy atom. The molecule has 1 N–H and O–H groups in total. The predicted molar refractivity (Wildman–Crippen MR) is 127 cm³/mol. The zero-order valence-electron chi connectivity index (χ0n) is 16.6. The summed E-state index contributed by atoms with van der Waals surface area (Å²) in [6.45, 7) is 2.48. The van der Waals surface area contributed by atoms with Crippen molar-refractivity contribution in [3.63, 3.8) is 0 Å². The van der Waals surface area contributed by atoms with Crippen LogP contribution in [0.5, 0.6) is 0 Å². The van der Waals surface area contributed by atoms with Crippen molar-refractivity contribution in [3.8, 4) is 0 Å². The van der Waals surface area contributed by atoms with Crippen LogP contribution in [0.3, 0.4) is 0 Å². The molecule has 1 heterocycles. The van der Waals surface area contributed by atoms with Gasteiger partial charge >= 0.3 is 0 Å². The molecule has 0 radical (unpaired) electrons. The molecule has 31 heavy (non-hydrogen) atoms. The highest BCUT2D eigenvalue weighted by Crippen LogP contribution is 2.25. The number of hydrogen-bond donors (Lipinski definition) is 1. The Morgan fingerprint density at radius 2 is 1.74 bits per heavy atom. The summed E-state index contributed by atoms with van der Waals surface area (Å²) in [4.78, 5) is 2.45. The number of halogens is 2. The number of sulfonamides is 1. The van der Waals surface area contributed by atoms with Gasteiger partial charge in [0.25, 0.3) is 10.0 Å². The Balaban J connectivity index is 1.61. The van der Waals surface area contributed by atoms with E-state index in [2.05, 4.69) is 14.5 Å². The van der Waals surface area contributed by atoms with Gasteiger partial charge in [0.2, 0.25) is 0 Å². The molecule has 8 heteroatoms. The summed E-state index contributed by atoms with van der Waals surface area (Å²) >= 11 is 12.2. The first-order chi connectivity index (χ1) is 14.8. The monoisotopic (exact) mass is 471 g/mol. The predicted octanol–water partition coefficient (Wildman–Crippen LogP) is 5.62. The molecule has 5 nitrogen and oxygen atoms in total. The number of aryl methyl sites for hydroxylation is 1. The van der Waals surface area contributed by atoms with Crippen LogP contribution in [0.1, 0.15) is 16.7 Å². The normalized spacial score (nSPS) is 12.0. The van der Waals surface area contributed by atoms with E-state index in [0.29, 0.717) is 16.6 Å². The number of hydrogen-bond acceptors (Lipinski definition) is 3. The fraction of sp³-hybridized carbons (Fsp3) is 0.0870. The average Bonchev–Trinajstić information content (AvgIpc) is 3.08. The second-order valence-electron chi connectivity index (χ2n) is 7.14. The van der Waals surface area contributed by atoms with Gasteiger partial charge in [-0.25, -0.2) is 4.83 Å². The minimum absolute atomic E-state index is 0.164. The molecule has 4 aromatic rings. The van der Waals surface area contributed by atoms with Gasteiger partial charge in [-0.3, -0.25) is 0 Å². The van der Waals surface area contributed by atoms with E-state index in [1.807, 2.05) is 49.5 Å². The van der Waals surface area contributed by atoms with Gasteiger partial charge in [0, 0.05) is 29.2 Å². The molecule has 1 aromatic heterocycles. The minimum atomic E-state index is -3.73. The molecule has 0 aliphatic heterocycles. The number of rotatable bonds is 6. The van der Waals surface area contributed by atoms with Crippen LogP contribution < -0.4 is 4.83 Å². The third-order valence-electron chi connectivity index (χ3n) is 4.86. The molecule has 0 atom stereocenters. The average molecular weight is 472 g/mol. The van der Waals surface area contributed by atoms with E-state index >= 15 is 0 Å². The topological polar surface area (TPSA) is 63.5 Å². The molecule has 0 saturated heterocycles. The van der Waals surface area contributed by atoms with Gasteiger partial charge < -0.3 is 4.57 Å². The lowest BCUT2D eigenvalue weighted by atomic mass is 10.2. The lowest BCUT2D eigenvalue weighted by Gasteiger charge is -2.06. The summed E-state index contributed by atoms with van der Waals surface area (Å²) in [6, 6.07) is 20.0. The van der Waals surface area contributed by atoms with Crippen LogP contribution in [0.15, 0.2) is 82.9 Å². The van der Waals surface area contributed by atoms with Crippen molar-refractivity contribution in [2.24, 2.45) is 5.10 Å². The van der Waals surface area contributed by atoms with Crippen LogP contribution in [0.2, 0.25) is 10.0 Å². The van der Waals surface area contributed by atoms with Crippen molar-refractivity contribution in [3.05, 3.63) is 99.7 Å². The first-order valence-electron chi connectivity index (χ1n) is 9.47. The smallest absolute Gasteiger partial charge is 0.276 e. The van der Waals surface area contributed by atoms with Crippen molar-refractivity contribution in [1.82, 2.24) is 9.40 Å². The van der Waals surface area contributed by atoms with Gasteiger partial charge in [-0.1, -0.05) is 65.2 Å². The maximum Gasteiger partial charge on any atom is 0.276 e. The number of fused-ring (bicyclic) bond motifs is 1. The molecule has 3 aromatic carbocycles. The third kappa shape index (κ3) is 4.77. The molecule has 0 amide bonds. The Kier molecular flexibility index (Phi) is 6.05. The van der Waals surface area contributed by atoms with Crippen LogP contribution in [0.4, 0.5) is 0 Å². The first-order valence-corrected chi connectivity index (χ1v) is 11.7. The summed E-state index contributed by atoms with van der Waals surface area (Å²) in [6.07, 6.45) is 3.44. The summed E-state index contributed by atoms with van der Waals surface area (Å²) in [5, 5.41) is 5.97. The lowest BCUT2D eigenvalue weighted by Crippen LogP contribution is -2.18. The van der Waals surface area contributed by atoms with E-state index in [0.717, 1.165) is 27.6 Å². The van der Waals surface area contributed by atoms with E-state index in [4.69, 9.17) is 23.2 Å². The molecule has 0 aliphatic rings. The Bertz CT molecular complexity index is 1380. The van der Waals surface area contributed by atoms with Crippen molar-refractivity contribution in [1.29, 1.82) is 0 Å². The lowest BCUT2D eigenvalue weighted by molar-refractivity contribution is 0.584. The fourth-order valence-corrected chi connectivity index (χ4v) is 4.39. The molecule has 158 valence electrons. The van der Waals surface area contributed by atoms with Crippen molar-refractivity contribution < 1.29 is 8.42 Å². The highest BCUT2D eigenvalue weighted by atomic mass is 35.5. The molecule has 0 bridgehead atoms. The molecule has 0 unspecified atom stereocenters. The summed E-state index contributed by atoms with van der Waals surface area (Å²) < 4.78 is 27.0. The molecular weight excluding hydrogens is 453 g/mol. The van der Waals surface area contributed by atoms with Crippen LogP contribution in [-0.4, -0.2) is 19.2 Å². The zero-order chi connectivity index (χ0) is 22.0. The Hall–Kier alpha value is -2.80. The van der Waals surface area contributed by atoms with E-state index < -0.39 is 10.0 Å². The second-order valence-corrected chi connectivity index (χ2v) is 9.62. The molecule has 0 aliphatic carbocycles.